The van der Waals surface area contributed by atoms with Crippen molar-refractivity contribution in [3.8, 4) is 0 Å². The fraction of sp³-hybridized carbons (Fsp3) is 0.538. The van der Waals surface area contributed by atoms with Crippen LogP contribution >= 0.6 is 11.5 Å². The molecule has 130 valence electrons. The van der Waals surface area contributed by atoms with Crippen LogP contribution in [0.25, 0.3) is 0 Å². The number of fused-ring (bicyclic) bond motifs is 1. The van der Waals surface area contributed by atoms with E-state index in [0.717, 1.165) is 17.2 Å². The molecule has 2 aromatic rings. The fourth-order valence-corrected chi connectivity index (χ4v) is 3.95. The first-order chi connectivity index (χ1) is 11.3. The Morgan fingerprint density at radius 3 is 2.88 bits per heavy atom. The van der Waals surface area contributed by atoms with Crippen LogP contribution in [0.3, 0.4) is 0 Å². The lowest BCUT2D eigenvalue weighted by Gasteiger charge is -2.16. The van der Waals surface area contributed by atoms with Crippen molar-refractivity contribution in [3.05, 3.63) is 28.0 Å². The molecule has 1 aliphatic rings. The second kappa shape index (κ2) is 6.57. The molecule has 3 rings (SSSR count). The molecule has 0 radical (unpaired) electrons. The van der Waals surface area contributed by atoms with Gasteiger partial charge in [0.2, 0.25) is 10.0 Å². The number of hydrogen-bond donors (Lipinski definition) is 1. The van der Waals surface area contributed by atoms with Gasteiger partial charge in [-0.1, -0.05) is 4.49 Å². The van der Waals surface area contributed by atoms with Crippen LogP contribution in [0.4, 0.5) is 0 Å². The van der Waals surface area contributed by atoms with Crippen molar-refractivity contribution in [1.82, 2.24) is 29.0 Å². The van der Waals surface area contributed by atoms with Gasteiger partial charge in [-0.3, -0.25) is 9.48 Å². The molecule has 11 heteroatoms. The highest BCUT2D eigenvalue weighted by atomic mass is 32.2. The van der Waals surface area contributed by atoms with Crippen molar-refractivity contribution < 1.29 is 13.2 Å². The van der Waals surface area contributed by atoms with E-state index in [1.165, 1.54) is 10.6 Å². The molecular weight excluding hydrogens is 352 g/mol. The predicted molar refractivity (Wildman–Crippen MR) is 87.9 cm³/mol. The smallest absolute Gasteiger partial charge is 0.265 e. The average molecular weight is 370 g/mol. The van der Waals surface area contributed by atoms with Gasteiger partial charge >= 0.3 is 0 Å². The number of carbonyl (C=O) groups excluding carboxylic acids is 1. The second-order valence-corrected chi connectivity index (χ2v) is 8.41. The molecule has 1 N–H and O–H groups in total. The maximum Gasteiger partial charge on any atom is 0.265 e. The highest BCUT2D eigenvalue weighted by Crippen LogP contribution is 2.16. The third-order valence-corrected chi connectivity index (χ3v) is 5.86. The van der Waals surface area contributed by atoms with Crippen molar-refractivity contribution in [2.24, 2.45) is 0 Å². The van der Waals surface area contributed by atoms with E-state index in [0.29, 0.717) is 42.3 Å². The lowest BCUT2D eigenvalue weighted by Crippen LogP contribution is -2.29. The zero-order valence-electron chi connectivity index (χ0n) is 13.4. The van der Waals surface area contributed by atoms with Crippen molar-refractivity contribution in [1.29, 1.82) is 0 Å². The molecule has 1 amide bonds. The average Bonchev–Trinajstić information content (AvgIpc) is 3.04. The SMILES string of the molecule is Cc1nnsc1C(=O)NCc1cc2n(n1)CCCN(S(C)(=O)=O)C2. The van der Waals surface area contributed by atoms with Crippen LogP contribution in [-0.2, 0) is 29.7 Å². The number of amides is 1. The Morgan fingerprint density at radius 1 is 1.42 bits per heavy atom. The molecule has 2 aromatic heterocycles. The lowest BCUT2D eigenvalue weighted by atomic mass is 10.3. The topological polar surface area (TPSA) is 110 Å². The van der Waals surface area contributed by atoms with E-state index in [9.17, 15) is 13.2 Å². The Kier molecular flexibility index (Phi) is 4.65. The Labute approximate surface area is 143 Å². The predicted octanol–water partition coefficient (Wildman–Crippen LogP) is 0.138. The number of aryl methyl sites for hydroxylation is 2. The number of hydrogen-bond acceptors (Lipinski definition) is 7. The third kappa shape index (κ3) is 3.62. The lowest BCUT2D eigenvalue weighted by molar-refractivity contribution is 0.0953. The molecule has 0 aromatic carbocycles. The largest absolute Gasteiger partial charge is 0.346 e. The zero-order valence-corrected chi connectivity index (χ0v) is 15.0. The first-order valence-corrected chi connectivity index (χ1v) is 10.0. The summed E-state index contributed by atoms with van der Waals surface area (Å²) in [6.07, 6.45) is 1.92. The fourth-order valence-electron chi connectivity index (χ4n) is 2.55. The summed E-state index contributed by atoms with van der Waals surface area (Å²) in [6, 6.07) is 1.83. The van der Waals surface area contributed by atoms with Crippen LogP contribution in [-0.4, -0.2) is 50.8 Å². The summed E-state index contributed by atoms with van der Waals surface area (Å²) in [5, 5.41) is 11.1. The van der Waals surface area contributed by atoms with E-state index < -0.39 is 10.0 Å². The number of sulfonamides is 1. The van der Waals surface area contributed by atoms with Crippen LogP contribution in [0.5, 0.6) is 0 Å². The number of aromatic nitrogens is 4. The molecule has 0 bridgehead atoms. The quantitative estimate of drug-likeness (QED) is 0.820. The Morgan fingerprint density at radius 2 is 2.21 bits per heavy atom. The Bertz CT molecular complexity index is 857. The number of nitrogens with zero attached hydrogens (tertiary/aromatic N) is 5. The highest BCUT2D eigenvalue weighted by molar-refractivity contribution is 7.88. The molecule has 3 heterocycles. The summed E-state index contributed by atoms with van der Waals surface area (Å²) in [5.74, 6) is -0.233. The molecule has 9 nitrogen and oxygen atoms in total. The second-order valence-electron chi connectivity index (χ2n) is 5.67. The molecule has 0 fully saturated rings. The zero-order chi connectivity index (χ0) is 17.3. The highest BCUT2D eigenvalue weighted by Gasteiger charge is 2.23. The van der Waals surface area contributed by atoms with Gasteiger partial charge in [-0.15, -0.1) is 5.10 Å². The van der Waals surface area contributed by atoms with E-state index in [4.69, 9.17) is 0 Å². The van der Waals surface area contributed by atoms with Gasteiger partial charge in [0.1, 0.15) is 4.88 Å². The van der Waals surface area contributed by atoms with Crippen molar-refractivity contribution in [2.45, 2.75) is 33.0 Å². The number of rotatable bonds is 4. The molecule has 0 saturated heterocycles. The van der Waals surface area contributed by atoms with E-state index >= 15 is 0 Å². The molecule has 24 heavy (non-hydrogen) atoms. The van der Waals surface area contributed by atoms with Crippen LogP contribution in [0.1, 0.15) is 33.2 Å². The van der Waals surface area contributed by atoms with Gasteiger partial charge in [0.05, 0.1) is 36.4 Å². The summed E-state index contributed by atoms with van der Waals surface area (Å²) < 4.78 is 30.5. The maximum absolute atomic E-state index is 12.1. The molecule has 0 unspecified atom stereocenters. The molecule has 0 aliphatic carbocycles. The maximum atomic E-state index is 12.1. The van der Waals surface area contributed by atoms with Crippen LogP contribution in [0, 0.1) is 6.92 Å². The first-order valence-electron chi connectivity index (χ1n) is 7.42. The minimum absolute atomic E-state index is 0.233. The van der Waals surface area contributed by atoms with Gasteiger partial charge in [0, 0.05) is 13.1 Å². The number of carbonyl (C=O) groups is 1. The molecular formula is C13H18N6O3S2. The minimum Gasteiger partial charge on any atom is -0.346 e. The Balaban J connectivity index is 1.69. The van der Waals surface area contributed by atoms with Gasteiger partial charge in [0.25, 0.3) is 5.91 Å². The van der Waals surface area contributed by atoms with Gasteiger partial charge in [-0.2, -0.15) is 9.40 Å². The van der Waals surface area contributed by atoms with E-state index in [1.54, 1.807) is 6.92 Å². The van der Waals surface area contributed by atoms with E-state index in [-0.39, 0.29) is 12.5 Å². The summed E-state index contributed by atoms with van der Waals surface area (Å²) in [5.41, 5.74) is 2.13. The Hall–Kier alpha value is -1.85. The van der Waals surface area contributed by atoms with Crippen molar-refractivity contribution in [2.75, 3.05) is 12.8 Å². The molecule has 0 atom stereocenters. The minimum atomic E-state index is -3.23. The van der Waals surface area contributed by atoms with Gasteiger partial charge < -0.3 is 5.32 Å². The third-order valence-electron chi connectivity index (χ3n) is 3.79. The molecule has 1 aliphatic heterocycles. The first kappa shape index (κ1) is 17.0. The van der Waals surface area contributed by atoms with E-state index in [2.05, 4.69) is 20.0 Å². The summed E-state index contributed by atoms with van der Waals surface area (Å²) in [7, 11) is -3.23. The molecule has 0 saturated carbocycles. The summed E-state index contributed by atoms with van der Waals surface area (Å²) in [4.78, 5) is 12.6. The number of nitrogens with one attached hydrogen (secondary N) is 1. The van der Waals surface area contributed by atoms with Crippen molar-refractivity contribution >= 4 is 27.5 Å². The standard InChI is InChI=1S/C13H18N6O3S2/c1-9-12(23-17-15-9)13(20)14-7-10-6-11-8-18(24(2,21)22)4-3-5-19(11)16-10/h6H,3-5,7-8H2,1-2H3,(H,14,20). The van der Waals surface area contributed by atoms with Gasteiger partial charge in [-0.25, -0.2) is 8.42 Å². The molecule has 0 spiro atoms. The van der Waals surface area contributed by atoms with Crippen LogP contribution < -0.4 is 5.32 Å². The monoisotopic (exact) mass is 370 g/mol. The van der Waals surface area contributed by atoms with E-state index in [1.807, 2.05) is 10.7 Å². The summed E-state index contributed by atoms with van der Waals surface area (Å²) in [6.45, 7) is 3.46. The summed E-state index contributed by atoms with van der Waals surface area (Å²) >= 11 is 1.05. The van der Waals surface area contributed by atoms with Gasteiger partial charge in [0.15, 0.2) is 0 Å². The normalized spacial score (nSPS) is 15.8. The van der Waals surface area contributed by atoms with Crippen molar-refractivity contribution in [3.63, 3.8) is 0 Å². The van der Waals surface area contributed by atoms with Gasteiger partial charge in [-0.05, 0) is 30.9 Å². The van der Waals surface area contributed by atoms with Crippen LogP contribution in [0.2, 0.25) is 0 Å². The van der Waals surface area contributed by atoms with Crippen LogP contribution in [0.15, 0.2) is 6.07 Å².